The van der Waals surface area contributed by atoms with E-state index < -0.39 is 0 Å². The molecule has 0 spiro atoms. The lowest BCUT2D eigenvalue weighted by Crippen LogP contribution is -2.32. The quantitative estimate of drug-likeness (QED) is 0.625. The molecule has 0 aliphatic heterocycles. The first kappa shape index (κ1) is 20.6. The van der Waals surface area contributed by atoms with Gasteiger partial charge in [-0.2, -0.15) is 0 Å². The van der Waals surface area contributed by atoms with Gasteiger partial charge in [0.1, 0.15) is 5.82 Å². The summed E-state index contributed by atoms with van der Waals surface area (Å²) < 4.78 is 17.8. The first-order valence-electron chi connectivity index (χ1n) is 9.12. The van der Waals surface area contributed by atoms with Gasteiger partial charge in [-0.05, 0) is 43.0 Å². The minimum absolute atomic E-state index is 0.0182. The third-order valence-corrected chi connectivity index (χ3v) is 4.43. The Kier molecular flexibility index (Phi) is 7.99. The van der Waals surface area contributed by atoms with E-state index in [9.17, 15) is 14.0 Å². The van der Waals surface area contributed by atoms with Crippen LogP contribution in [-0.2, 0) is 27.3 Å². The van der Waals surface area contributed by atoms with E-state index in [2.05, 4.69) is 29.0 Å². The zero-order valence-corrected chi connectivity index (χ0v) is 15.9. The Morgan fingerprint density at radius 1 is 0.963 bits per heavy atom. The number of esters is 1. The highest BCUT2D eigenvalue weighted by atomic mass is 19.1. The second-order valence-electron chi connectivity index (χ2n) is 6.61. The molecule has 0 atom stereocenters. The Labute approximate surface area is 159 Å². The van der Waals surface area contributed by atoms with E-state index >= 15 is 0 Å². The number of amides is 1. The minimum Gasteiger partial charge on any atom is -0.469 e. The molecule has 0 saturated heterocycles. The molecule has 0 bridgehead atoms. The van der Waals surface area contributed by atoms with E-state index in [1.54, 1.807) is 17.0 Å². The number of halogens is 1. The molecule has 2 rings (SSSR count). The van der Waals surface area contributed by atoms with Crippen LogP contribution in [0.2, 0.25) is 0 Å². The lowest BCUT2D eigenvalue weighted by atomic mass is 10.1. The van der Waals surface area contributed by atoms with E-state index in [-0.39, 0.29) is 30.7 Å². The molecule has 0 aromatic heterocycles. The molecule has 0 aliphatic rings. The van der Waals surface area contributed by atoms with Crippen LogP contribution in [0.5, 0.6) is 0 Å². The molecule has 5 heteroatoms. The van der Waals surface area contributed by atoms with E-state index in [1.165, 1.54) is 30.4 Å². The van der Waals surface area contributed by atoms with Crippen LogP contribution in [-0.4, -0.2) is 30.4 Å². The van der Waals surface area contributed by atoms with Crippen LogP contribution in [0.15, 0.2) is 48.5 Å². The summed E-state index contributed by atoms with van der Waals surface area (Å²) in [4.78, 5) is 25.8. The molecule has 27 heavy (non-hydrogen) atoms. The van der Waals surface area contributed by atoms with Gasteiger partial charge in [0.25, 0.3) is 0 Å². The van der Waals surface area contributed by atoms with Gasteiger partial charge in [0.15, 0.2) is 0 Å². The molecule has 4 nitrogen and oxygen atoms in total. The van der Waals surface area contributed by atoms with Gasteiger partial charge in [0, 0.05) is 19.5 Å². The standard InChI is InChI=1S/C22H26FNO3/c1-17-6-8-18(9-7-17)4-3-5-21(25)24(15-14-22(26)27-2)16-19-10-12-20(23)13-11-19/h6-13H,3-5,14-16H2,1-2H3. The van der Waals surface area contributed by atoms with E-state index in [1.807, 2.05) is 6.92 Å². The maximum atomic E-state index is 13.1. The molecule has 1 amide bonds. The number of carbonyl (C=O) groups is 2. The van der Waals surface area contributed by atoms with Crippen molar-refractivity contribution in [3.05, 3.63) is 71.0 Å². The van der Waals surface area contributed by atoms with Crippen molar-refractivity contribution >= 4 is 11.9 Å². The second-order valence-corrected chi connectivity index (χ2v) is 6.61. The third-order valence-electron chi connectivity index (χ3n) is 4.43. The summed E-state index contributed by atoms with van der Waals surface area (Å²) in [5, 5.41) is 0. The van der Waals surface area contributed by atoms with Crippen LogP contribution in [0, 0.1) is 12.7 Å². The summed E-state index contributed by atoms with van der Waals surface area (Å²) in [5.74, 6) is -0.689. The molecule has 2 aromatic rings. The summed E-state index contributed by atoms with van der Waals surface area (Å²) in [5.41, 5.74) is 3.24. The van der Waals surface area contributed by atoms with Crippen LogP contribution >= 0.6 is 0 Å². The summed E-state index contributed by atoms with van der Waals surface area (Å²) in [6.07, 6.45) is 2.10. The largest absolute Gasteiger partial charge is 0.469 e. The summed E-state index contributed by atoms with van der Waals surface area (Å²) >= 11 is 0. The van der Waals surface area contributed by atoms with Gasteiger partial charge >= 0.3 is 5.97 Å². The normalized spacial score (nSPS) is 10.5. The van der Waals surface area contributed by atoms with Crippen molar-refractivity contribution in [1.82, 2.24) is 4.90 Å². The zero-order valence-electron chi connectivity index (χ0n) is 15.9. The Bertz CT molecular complexity index is 741. The molecule has 2 aromatic carbocycles. The molecule has 0 N–H and O–H groups in total. The number of hydrogen-bond donors (Lipinski definition) is 0. The lowest BCUT2D eigenvalue weighted by molar-refractivity contribution is -0.142. The summed E-state index contributed by atoms with van der Waals surface area (Å²) in [7, 11) is 1.33. The van der Waals surface area contributed by atoms with Gasteiger partial charge in [0.2, 0.25) is 5.91 Å². The zero-order chi connectivity index (χ0) is 19.6. The maximum absolute atomic E-state index is 13.1. The average molecular weight is 371 g/mol. The molecule has 0 unspecified atom stereocenters. The van der Waals surface area contributed by atoms with Crippen LogP contribution in [0.1, 0.15) is 36.0 Å². The van der Waals surface area contributed by atoms with Crippen molar-refractivity contribution in [3.8, 4) is 0 Å². The molecule has 0 heterocycles. The van der Waals surface area contributed by atoms with Crippen molar-refractivity contribution in [1.29, 1.82) is 0 Å². The molecular formula is C22H26FNO3. The van der Waals surface area contributed by atoms with Gasteiger partial charge in [0.05, 0.1) is 13.5 Å². The highest BCUT2D eigenvalue weighted by Crippen LogP contribution is 2.12. The van der Waals surface area contributed by atoms with Crippen molar-refractivity contribution in [2.75, 3.05) is 13.7 Å². The Morgan fingerprint density at radius 3 is 2.22 bits per heavy atom. The topological polar surface area (TPSA) is 46.6 Å². The number of aryl methyl sites for hydroxylation is 2. The fourth-order valence-electron chi connectivity index (χ4n) is 2.79. The Morgan fingerprint density at radius 2 is 1.59 bits per heavy atom. The van der Waals surface area contributed by atoms with Gasteiger partial charge in [-0.25, -0.2) is 4.39 Å². The molecule has 0 radical (unpaired) electrons. The van der Waals surface area contributed by atoms with Crippen molar-refractivity contribution in [2.24, 2.45) is 0 Å². The second kappa shape index (κ2) is 10.5. The van der Waals surface area contributed by atoms with E-state index in [0.717, 1.165) is 18.4 Å². The molecular weight excluding hydrogens is 345 g/mol. The Balaban J connectivity index is 1.93. The number of methoxy groups -OCH3 is 1. The highest BCUT2D eigenvalue weighted by Gasteiger charge is 2.16. The number of carbonyl (C=O) groups excluding carboxylic acids is 2. The predicted molar refractivity (Wildman–Crippen MR) is 103 cm³/mol. The number of nitrogens with zero attached hydrogens (tertiary/aromatic N) is 1. The van der Waals surface area contributed by atoms with Gasteiger partial charge in [-0.1, -0.05) is 42.0 Å². The van der Waals surface area contributed by atoms with Crippen molar-refractivity contribution in [2.45, 2.75) is 39.2 Å². The smallest absolute Gasteiger partial charge is 0.307 e. The Hall–Kier alpha value is -2.69. The van der Waals surface area contributed by atoms with Crippen LogP contribution < -0.4 is 0 Å². The van der Waals surface area contributed by atoms with E-state index in [4.69, 9.17) is 0 Å². The lowest BCUT2D eigenvalue weighted by Gasteiger charge is -2.22. The maximum Gasteiger partial charge on any atom is 0.307 e. The van der Waals surface area contributed by atoms with Crippen molar-refractivity contribution in [3.63, 3.8) is 0 Å². The van der Waals surface area contributed by atoms with Gasteiger partial charge < -0.3 is 9.64 Å². The SMILES string of the molecule is COC(=O)CCN(Cc1ccc(F)cc1)C(=O)CCCc1ccc(C)cc1. The van der Waals surface area contributed by atoms with E-state index in [0.29, 0.717) is 13.0 Å². The average Bonchev–Trinajstić information content (AvgIpc) is 2.67. The number of rotatable bonds is 9. The molecule has 0 fully saturated rings. The fraction of sp³-hybridized carbons (Fsp3) is 0.364. The number of benzene rings is 2. The van der Waals surface area contributed by atoms with Crippen molar-refractivity contribution < 1.29 is 18.7 Å². The van der Waals surface area contributed by atoms with Crippen LogP contribution in [0.3, 0.4) is 0 Å². The third kappa shape index (κ3) is 7.21. The first-order valence-corrected chi connectivity index (χ1v) is 9.12. The fourth-order valence-corrected chi connectivity index (χ4v) is 2.79. The molecule has 0 aliphatic carbocycles. The minimum atomic E-state index is -0.355. The monoisotopic (exact) mass is 371 g/mol. The van der Waals surface area contributed by atoms with Gasteiger partial charge in [-0.15, -0.1) is 0 Å². The molecule has 144 valence electrons. The number of ether oxygens (including phenoxy) is 1. The van der Waals surface area contributed by atoms with Crippen LogP contribution in [0.4, 0.5) is 4.39 Å². The highest BCUT2D eigenvalue weighted by molar-refractivity contribution is 5.77. The molecule has 0 saturated carbocycles. The summed E-state index contributed by atoms with van der Waals surface area (Å²) in [6, 6.07) is 14.3. The first-order chi connectivity index (χ1) is 13.0. The van der Waals surface area contributed by atoms with Gasteiger partial charge in [-0.3, -0.25) is 9.59 Å². The van der Waals surface area contributed by atoms with Crippen LogP contribution in [0.25, 0.3) is 0 Å². The number of hydrogen-bond acceptors (Lipinski definition) is 3. The predicted octanol–water partition coefficient (Wildman–Crippen LogP) is 4.05. The summed E-state index contributed by atoms with van der Waals surface area (Å²) in [6.45, 7) is 2.68.